The lowest BCUT2D eigenvalue weighted by Gasteiger charge is -2.28. The maximum absolute atomic E-state index is 13.2. The number of nitrogens with one attached hydrogen (secondary N) is 4. The molecule has 0 saturated carbocycles. The molecule has 1 aliphatic heterocycles. The van der Waals surface area contributed by atoms with Gasteiger partial charge in [0, 0.05) is 6.54 Å². The summed E-state index contributed by atoms with van der Waals surface area (Å²) in [5.41, 5.74) is 10.7. The highest BCUT2D eigenvalue weighted by Crippen LogP contribution is 2.12. The van der Waals surface area contributed by atoms with Gasteiger partial charge in [0.15, 0.2) is 5.96 Å². The minimum absolute atomic E-state index is 0.0619. The molecule has 0 aliphatic carbocycles. The molecule has 0 bridgehead atoms. The number of hydrogen-bond donors (Lipinski definition) is 7. The molecule has 9 N–H and O–H groups in total. The van der Waals surface area contributed by atoms with E-state index in [-0.39, 0.29) is 43.2 Å². The molecule has 0 aromatic heterocycles. The third kappa shape index (κ3) is 11.2. The Balaban J connectivity index is 2.95. The second-order valence-corrected chi connectivity index (χ2v) is 9.70. The van der Waals surface area contributed by atoms with Crippen LogP contribution in [-0.2, 0) is 19.2 Å². The molecule has 35 heavy (non-hydrogen) atoms. The summed E-state index contributed by atoms with van der Waals surface area (Å²) in [7, 11) is 0. The standard InChI is InChI=1S/C22H41N7O5S/c1-4-13(2)17(20(32)28-16(21(33)34)9-12-35-3)29-19(31)15(8-6-11-26-22(23)24)27-18(30)14-7-5-10-25-14/h13-17,25H,4-12H2,1-3H3,(H,27,30)(H,28,32)(H,29,31)(H,33,34)(H4,23,24,26). The molecular weight excluding hydrogens is 474 g/mol. The third-order valence-electron chi connectivity index (χ3n) is 5.97. The van der Waals surface area contributed by atoms with Gasteiger partial charge in [-0.2, -0.15) is 11.8 Å². The van der Waals surface area contributed by atoms with Crippen molar-refractivity contribution in [1.82, 2.24) is 21.3 Å². The van der Waals surface area contributed by atoms with Crippen molar-refractivity contribution in [2.75, 3.05) is 25.1 Å². The number of aliphatic carboxylic acids is 1. The van der Waals surface area contributed by atoms with E-state index in [1.54, 1.807) is 6.92 Å². The van der Waals surface area contributed by atoms with Crippen molar-refractivity contribution in [3.05, 3.63) is 0 Å². The van der Waals surface area contributed by atoms with Crippen molar-refractivity contribution in [2.24, 2.45) is 22.4 Å². The number of carboxylic acids is 1. The van der Waals surface area contributed by atoms with E-state index in [1.165, 1.54) is 11.8 Å². The molecule has 0 spiro atoms. The monoisotopic (exact) mass is 515 g/mol. The van der Waals surface area contributed by atoms with Crippen LogP contribution in [0.2, 0.25) is 0 Å². The van der Waals surface area contributed by atoms with Crippen LogP contribution in [0, 0.1) is 5.92 Å². The summed E-state index contributed by atoms with van der Waals surface area (Å²) >= 11 is 1.48. The molecule has 0 radical (unpaired) electrons. The lowest BCUT2D eigenvalue weighted by Crippen LogP contribution is -2.58. The van der Waals surface area contributed by atoms with Gasteiger partial charge in [0.2, 0.25) is 17.7 Å². The molecule has 13 heteroatoms. The van der Waals surface area contributed by atoms with Crippen molar-refractivity contribution in [1.29, 1.82) is 0 Å². The van der Waals surface area contributed by atoms with E-state index in [0.717, 1.165) is 13.0 Å². The van der Waals surface area contributed by atoms with Crippen molar-refractivity contribution in [2.45, 2.75) is 76.5 Å². The Hall–Kier alpha value is -2.54. The summed E-state index contributed by atoms with van der Waals surface area (Å²) in [6.07, 6.45) is 4.95. The largest absolute Gasteiger partial charge is 0.480 e. The number of carbonyl (C=O) groups is 4. The first-order valence-corrected chi connectivity index (χ1v) is 13.4. The summed E-state index contributed by atoms with van der Waals surface area (Å²) in [5, 5.41) is 20.6. The van der Waals surface area contributed by atoms with Crippen LogP contribution < -0.4 is 32.7 Å². The van der Waals surface area contributed by atoms with Crippen LogP contribution >= 0.6 is 11.8 Å². The van der Waals surface area contributed by atoms with Crippen LogP contribution in [0.1, 0.15) is 52.4 Å². The van der Waals surface area contributed by atoms with Crippen LogP contribution in [0.3, 0.4) is 0 Å². The predicted octanol–water partition coefficient (Wildman–Crippen LogP) is -0.870. The van der Waals surface area contributed by atoms with Crippen LogP contribution in [0.5, 0.6) is 0 Å². The number of nitrogens with zero attached hydrogens (tertiary/aromatic N) is 1. The summed E-state index contributed by atoms with van der Waals surface area (Å²) in [6.45, 7) is 4.70. The summed E-state index contributed by atoms with van der Waals surface area (Å²) in [6, 6.07) is -3.28. The molecule has 12 nitrogen and oxygen atoms in total. The van der Waals surface area contributed by atoms with Gasteiger partial charge < -0.3 is 37.8 Å². The number of aliphatic imine (C=N–C) groups is 1. The second kappa shape index (κ2) is 16.2. The van der Waals surface area contributed by atoms with Gasteiger partial charge in [0.05, 0.1) is 6.04 Å². The lowest BCUT2D eigenvalue weighted by atomic mass is 9.97. The van der Waals surface area contributed by atoms with E-state index in [4.69, 9.17) is 11.5 Å². The molecule has 1 saturated heterocycles. The van der Waals surface area contributed by atoms with Crippen molar-refractivity contribution in [3.8, 4) is 0 Å². The Bertz CT molecular complexity index is 742. The molecule has 1 rings (SSSR count). The van der Waals surface area contributed by atoms with Gasteiger partial charge in [-0.25, -0.2) is 4.79 Å². The van der Waals surface area contributed by atoms with E-state index < -0.39 is 35.9 Å². The fourth-order valence-electron chi connectivity index (χ4n) is 3.66. The van der Waals surface area contributed by atoms with E-state index in [9.17, 15) is 24.3 Å². The minimum Gasteiger partial charge on any atom is -0.480 e. The van der Waals surface area contributed by atoms with Gasteiger partial charge in [-0.15, -0.1) is 0 Å². The number of amides is 3. The summed E-state index contributed by atoms with van der Waals surface area (Å²) in [5.74, 6) is -2.25. The molecule has 1 fully saturated rings. The number of guanidine groups is 1. The van der Waals surface area contributed by atoms with E-state index in [2.05, 4.69) is 26.3 Å². The Kier molecular flexibility index (Phi) is 14.1. The van der Waals surface area contributed by atoms with Crippen molar-refractivity contribution >= 4 is 41.4 Å². The van der Waals surface area contributed by atoms with Crippen LogP contribution in [0.25, 0.3) is 0 Å². The number of thioether (sulfide) groups is 1. The van der Waals surface area contributed by atoms with Crippen LogP contribution in [0.15, 0.2) is 4.99 Å². The van der Waals surface area contributed by atoms with Crippen molar-refractivity contribution in [3.63, 3.8) is 0 Å². The highest BCUT2D eigenvalue weighted by molar-refractivity contribution is 7.98. The highest BCUT2D eigenvalue weighted by atomic mass is 32.2. The first-order valence-electron chi connectivity index (χ1n) is 12.0. The highest BCUT2D eigenvalue weighted by Gasteiger charge is 2.33. The van der Waals surface area contributed by atoms with Crippen LogP contribution in [0.4, 0.5) is 0 Å². The summed E-state index contributed by atoms with van der Waals surface area (Å²) < 4.78 is 0. The van der Waals surface area contributed by atoms with Crippen molar-refractivity contribution < 1.29 is 24.3 Å². The van der Waals surface area contributed by atoms with E-state index >= 15 is 0 Å². The number of nitrogens with two attached hydrogens (primary N) is 2. The smallest absolute Gasteiger partial charge is 0.326 e. The molecule has 200 valence electrons. The number of carbonyl (C=O) groups excluding carboxylic acids is 3. The SMILES string of the molecule is CCC(C)C(NC(=O)C(CCCN=C(N)N)NC(=O)C1CCCN1)C(=O)NC(CCSC)C(=O)O. The second-order valence-electron chi connectivity index (χ2n) is 8.71. The zero-order valence-electron chi connectivity index (χ0n) is 20.8. The maximum Gasteiger partial charge on any atom is 0.326 e. The van der Waals surface area contributed by atoms with Gasteiger partial charge in [0.25, 0.3) is 0 Å². The topological polar surface area (TPSA) is 201 Å². The Morgan fingerprint density at radius 3 is 2.37 bits per heavy atom. The average Bonchev–Trinajstić information content (AvgIpc) is 3.36. The normalized spacial score (nSPS) is 18.5. The molecule has 3 amide bonds. The zero-order valence-corrected chi connectivity index (χ0v) is 21.7. The number of rotatable bonds is 16. The van der Waals surface area contributed by atoms with Gasteiger partial charge in [-0.1, -0.05) is 20.3 Å². The van der Waals surface area contributed by atoms with Gasteiger partial charge in [-0.3, -0.25) is 19.4 Å². The Morgan fingerprint density at radius 2 is 1.83 bits per heavy atom. The number of carboxylic acid groups (broad SMARTS) is 1. The fourth-order valence-corrected chi connectivity index (χ4v) is 4.13. The van der Waals surface area contributed by atoms with Crippen LogP contribution in [-0.4, -0.2) is 84.0 Å². The molecule has 0 aromatic rings. The van der Waals surface area contributed by atoms with Gasteiger partial charge >= 0.3 is 5.97 Å². The molecule has 5 unspecified atom stereocenters. The molecule has 5 atom stereocenters. The Morgan fingerprint density at radius 1 is 1.11 bits per heavy atom. The molecule has 1 heterocycles. The average molecular weight is 516 g/mol. The molecule has 1 aliphatic rings. The lowest BCUT2D eigenvalue weighted by molar-refractivity contribution is -0.142. The first-order chi connectivity index (χ1) is 16.6. The minimum atomic E-state index is -1.13. The molecule has 0 aromatic carbocycles. The third-order valence-corrected chi connectivity index (χ3v) is 6.62. The maximum atomic E-state index is 13.2. The zero-order chi connectivity index (χ0) is 26.4. The summed E-state index contributed by atoms with van der Waals surface area (Å²) in [4.78, 5) is 54.4. The fraction of sp³-hybridized carbons (Fsp3) is 0.773. The molecular formula is C22H41N7O5S. The van der Waals surface area contributed by atoms with E-state index in [0.29, 0.717) is 25.0 Å². The van der Waals surface area contributed by atoms with Gasteiger partial charge in [0.1, 0.15) is 18.1 Å². The van der Waals surface area contributed by atoms with Gasteiger partial charge in [-0.05, 0) is 56.6 Å². The Labute approximate surface area is 211 Å². The first kappa shape index (κ1) is 30.5. The predicted molar refractivity (Wildman–Crippen MR) is 137 cm³/mol. The number of hydrogen-bond acceptors (Lipinski definition) is 7. The quantitative estimate of drug-likeness (QED) is 0.0775. The van der Waals surface area contributed by atoms with E-state index in [1.807, 2.05) is 13.2 Å².